The molecule has 0 aliphatic carbocycles. The van der Waals surface area contributed by atoms with Gasteiger partial charge >= 0.3 is 5.97 Å². The van der Waals surface area contributed by atoms with E-state index < -0.39 is 5.97 Å². The fraction of sp³-hybridized carbons (Fsp3) is 0.100. The lowest BCUT2D eigenvalue weighted by atomic mass is 10.1. The molecule has 0 aliphatic heterocycles. The van der Waals surface area contributed by atoms with Crippen LogP contribution >= 0.6 is 11.6 Å². The number of anilines is 1. The van der Waals surface area contributed by atoms with Crippen LogP contribution in [0.4, 0.5) is 5.69 Å². The molecule has 6 heteroatoms. The second kappa shape index (κ2) is 7.06. The van der Waals surface area contributed by atoms with Crippen LogP contribution in [0.3, 0.4) is 0 Å². The largest absolute Gasteiger partial charge is 0.478 e. The molecule has 0 fully saturated rings. The number of carbonyl (C=O) groups is 1. The average molecular weight is 369 g/mol. The van der Waals surface area contributed by atoms with Crippen LogP contribution < -0.4 is 10.5 Å². The predicted molar refractivity (Wildman–Crippen MR) is 104 cm³/mol. The summed E-state index contributed by atoms with van der Waals surface area (Å²) in [4.78, 5) is 25.8. The van der Waals surface area contributed by atoms with E-state index in [1.165, 1.54) is 16.7 Å². The van der Waals surface area contributed by atoms with Crippen LogP contribution in [0.1, 0.15) is 10.4 Å². The number of hydrogen-bond donors (Lipinski definition) is 1. The molecule has 0 unspecified atom stereocenters. The molecular weight excluding hydrogens is 352 g/mol. The summed E-state index contributed by atoms with van der Waals surface area (Å²) in [5.41, 5.74) is 2.83. The average Bonchev–Trinajstić information content (AvgIpc) is 2.64. The Bertz CT molecular complexity index is 1020. The van der Waals surface area contributed by atoms with E-state index in [2.05, 4.69) is 0 Å². The first-order chi connectivity index (χ1) is 12.4. The summed E-state index contributed by atoms with van der Waals surface area (Å²) in [6.07, 6.45) is 0. The normalized spacial score (nSPS) is 10.6. The number of carboxylic acid groups (broad SMARTS) is 1. The number of benzene rings is 2. The van der Waals surface area contributed by atoms with E-state index in [4.69, 9.17) is 16.7 Å². The molecule has 5 nitrogen and oxygen atoms in total. The summed E-state index contributed by atoms with van der Waals surface area (Å²) in [7, 11) is 3.86. The molecule has 0 atom stereocenters. The van der Waals surface area contributed by atoms with Crippen LogP contribution in [0.15, 0.2) is 65.5 Å². The fourth-order valence-corrected chi connectivity index (χ4v) is 2.96. The molecule has 1 heterocycles. The molecule has 3 rings (SSSR count). The highest BCUT2D eigenvalue weighted by molar-refractivity contribution is 6.30. The van der Waals surface area contributed by atoms with Gasteiger partial charge in [0.1, 0.15) is 5.02 Å². The minimum Gasteiger partial charge on any atom is -0.478 e. The van der Waals surface area contributed by atoms with Gasteiger partial charge in [-0.2, -0.15) is 0 Å². The van der Waals surface area contributed by atoms with Crippen LogP contribution in [0, 0.1) is 0 Å². The second-order valence-corrected chi connectivity index (χ2v) is 6.38. The van der Waals surface area contributed by atoms with Gasteiger partial charge in [-0.1, -0.05) is 29.8 Å². The molecule has 1 aromatic heterocycles. The molecule has 1 N–H and O–H groups in total. The van der Waals surface area contributed by atoms with Crippen molar-refractivity contribution in [3.8, 4) is 16.9 Å². The Labute approximate surface area is 155 Å². The van der Waals surface area contributed by atoms with Crippen molar-refractivity contribution in [1.29, 1.82) is 0 Å². The van der Waals surface area contributed by atoms with Gasteiger partial charge in [0.25, 0.3) is 5.56 Å². The van der Waals surface area contributed by atoms with Gasteiger partial charge in [-0.25, -0.2) is 4.79 Å². The summed E-state index contributed by atoms with van der Waals surface area (Å²) >= 11 is 6.07. The zero-order valence-electron chi connectivity index (χ0n) is 14.3. The molecule has 0 saturated heterocycles. The number of aromatic nitrogens is 1. The molecule has 132 valence electrons. The lowest BCUT2D eigenvalue weighted by Crippen LogP contribution is -2.21. The molecule has 3 aromatic rings. The van der Waals surface area contributed by atoms with Gasteiger partial charge in [0.05, 0.1) is 11.3 Å². The highest BCUT2D eigenvalue weighted by atomic mass is 35.5. The second-order valence-electron chi connectivity index (χ2n) is 5.97. The van der Waals surface area contributed by atoms with Crippen molar-refractivity contribution in [2.75, 3.05) is 19.0 Å². The number of aromatic carboxylic acids is 1. The molecule has 0 amide bonds. The van der Waals surface area contributed by atoms with Gasteiger partial charge in [0.2, 0.25) is 0 Å². The van der Waals surface area contributed by atoms with Crippen LogP contribution in [-0.4, -0.2) is 29.7 Å². The number of para-hydroxylation sites is 1. The lowest BCUT2D eigenvalue weighted by molar-refractivity contribution is 0.0697. The SMILES string of the molecule is CN(C)c1ccccc1-c1ccc(Cl)c(=O)n1-c1ccc(C(=O)O)cc1. The van der Waals surface area contributed by atoms with E-state index >= 15 is 0 Å². The minimum absolute atomic E-state index is 0.0957. The van der Waals surface area contributed by atoms with Crippen molar-refractivity contribution < 1.29 is 9.90 Å². The van der Waals surface area contributed by atoms with Gasteiger partial charge in [0, 0.05) is 31.0 Å². The monoisotopic (exact) mass is 368 g/mol. The van der Waals surface area contributed by atoms with E-state index in [9.17, 15) is 9.59 Å². The third-order valence-corrected chi connectivity index (χ3v) is 4.36. The number of halogens is 1. The first kappa shape index (κ1) is 17.8. The zero-order valence-corrected chi connectivity index (χ0v) is 15.1. The highest BCUT2D eigenvalue weighted by Crippen LogP contribution is 2.31. The van der Waals surface area contributed by atoms with Crippen LogP contribution in [0.2, 0.25) is 5.02 Å². The Morgan fingerprint density at radius 2 is 1.65 bits per heavy atom. The van der Waals surface area contributed by atoms with Gasteiger partial charge in [-0.05, 0) is 42.5 Å². The minimum atomic E-state index is -1.02. The maximum atomic E-state index is 12.8. The smallest absolute Gasteiger partial charge is 0.335 e. The van der Waals surface area contributed by atoms with E-state index in [-0.39, 0.29) is 16.1 Å². The number of rotatable bonds is 4. The zero-order chi connectivity index (χ0) is 18.8. The summed E-state index contributed by atoms with van der Waals surface area (Å²) in [5, 5.41) is 9.18. The molecule has 26 heavy (non-hydrogen) atoms. The van der Waals surface area contributed by atoms with Crippen molar-refractivity contribution in [1.82, 2.24) is 4.57 Å². The summed E-state index contributed by atoms with van der Waals surface area (Å²) in [6.45, 7) is 0. The predicted octanol–water partition coefficient (Wildman–Crippen LogP) is 3.92. The lowest BCUT2D eigenvalue weighted by Gasteiger charge is -2.20. The summed E-state index contributed by atoms with van der Waals surface area (Å²) in [6, 6.07) is 17.2. The Balaban J connectivity index is 2.28. The number of hydrogen-bond acceptors (Lipinski definition) is 3. The Hall–Kier alpha value is -3.05. The molecule has 0 spiro atoms. The van der Waals surface area contributed by atoms with E-state index in [1.54, 1.807) is 24.3 Å². The van der Waals surface area contributed by atoms with Gasteiger partial charge < -0.3 is 10.0 Å². The Morgan fingerprint density at radius 1 is 1.00 bits per heavy atom. The molecule has 0 radical (unpaired) electrons. The molecule has 0 bridgehead atoms. The van der Waals surface area contributed by atoms with Crippen LogP contribution in [0.5, 0.6) is 0 Å². The quantitative estimate of drug-likeness (QED) is 0.758. The molecule has 0 aliphatic rings. The van der Waals surface area contributed by atoms with Crippen molar-refractivity contribution in [2.24, 2.45) is 0 Å². The van der Waals surface area contributed by atoms with Crippen molar-refractivity contribution in [3.05, 3.63) is 81.6 Å². The van der Waals surface area contributed by atoms with Crippen LogP contribution in [-0.2, 0) is 0 Å². The maximum Gasteiger partial charge on any atom is 0.335 e. The molecule has 2 aromatic carbocycles. The van der Waals surface area contributed by atoms with Crippen LogP contribution in [0.25, 0.3) is 16.9 Å². The third kappa shape index (κ3) is 3.21. The van der Waals surface area contributed by atoms with E-state index in [0.29, 0.717) is 11.4 Å². The summed E-state index contributed by atoms with van der Waals surface area (Å²) in [5.74, 6) is -1.02. The van der Waals surface area contributed by atoms with Gasteiger partial charge in [-0.15, -0.1) is 0 Å². The van der Waals surface area contributed by atoms with E-state index in [0.717, 1.165) is 11.3 Å². The van der Waals surface area contributed by atoms with Crippen molar-refractivity contribution in [2.45, 2.75) is 0 Å². The summed E-state index contributed by atoms with van der Waals surface area (Å²) < 4.78 is 1.50. The number of nitrogens with zero attached hydrogens (tertiary/aromatic N) is 2. The van der Waals surface area contributed by atoms with Crippen molar-refractivity contribution in [3.63, 3.8) is 0 Å². The first-order valence-electron chi connectivity index (χ1n) is 7.92. The number of carboxylic acids is 1. The fourth-order valence-electron chi connectivity index (χ4n) is 2.81. The Kier molecular flexibility index (Phi) is 4.82. The first-order valence-corrected chi connectivity index (χ1v) is 8.30. The highest BCUT2D eigenvalue weighted by Gasteiger charge is 2.15. The molecule has 0 saturated carbocycles. The topological polar surface area (TPSA) is 62.5 Å². The van der Waals surface area contributed by atoms with Gasteiger partial charge in [-0.3, -0.25) is 9.36 Å². The third-order valence-electron chi connectivity index (χ3n) is 4.07. The molecular formula is C20H17ClN2O3. The standard InChI is InChI=1S/C20H17ClN2O3/c1-22(2)17-6-4-3-5-15(17)18-12-11-16(21)19(24)23(18)14-9-7-13(8-10-14)20(25)26/h3-12H,1-2H3,(H,25,26). The van der Waals surface area contributed by atoms with Crippen molar-refractivity contribution >= 4 is 23.3 Å². The Morgan fingerprint density at radius 3 is 2.27 bits per heavy atom. The van der Waals surface area contributed by atoms with E-state index in [1.807, 2.05) is 43.3 Å². The number of pyridine rings is 1. The van der Waals surface area contributed by atoms with Gasteiger partial charge in [0.15, 0.2) is 0 Å². The maximum absolute atomic E-state index is 12.8.